The lowest BCUT2D eigenvalue weighted by Gasteiger charge is -2.06. The van der Waals surface area contributed by atoms with E-state index in [2.05, 4.69) is 41.0 Å². The molecule has 3 heteroatoms. The number of fused-ring (bicyclic) bond motifs is 1. The number of benzene rings is 1. The summed E-state index contributed by atoms with van der Waals surface area (Å²) in [7, 11) is 0. The van der Waals surface area contributed by atoms with Gasteiger partial charge in [-0.05, 0) is 55.5 Å². The first-order valence-corrected chi connectivity index (χ1v) is 6.13. The molecule has 0 spiro atoms. The van der Waals surface area contributed by atoms with Crippen molar-refractivity contribution in [3.8, 4) is 5.69 Å². The van der Waals surface area contributed by atoms with Gasteiger partial charge >= 0.3 is 0 Å². The van der Waals surface area contributed by atoms with Gasteiger partial charge in [0.1, 0.15) is 0 Å². The van der Waals surface area contributed by atoms with Gasteiger partial charge in [0.25, 0.3) is 0 Å². The molecule has 1 aromatic heterocycles. The Morgan fingerprint density at radius 2 is 2.35 bits per heavy atom. The summed E-state index contributed by atoms with van der Waals surface area (Å²) in [4.78, 5) is 0. The molecular formula is C14H17N3. The van der Waals surface area contributed by atoms with Gasteiger partial charge in [-0.25, -0.2) is 4.68 Å². The van der Waals surface area contributed by atoms with Crippen LogP contribution in [0.5, 0.6) is 0 Å². The minimum Gasteiger partial charge on any atom is -0.330 e. The van der Waals surface area contributed by atoms with Crippen molar-refractivity contribution < 1.29 is 0 Å². The van der Waals surface area contributed by atoms with Crippen LogP contribution in [0.3, 0.4) is 0 Å². The molecule has 88 valence electrons. The second-order valence-electron chi connectivity index (χ2n) is 4.77. The van der Waals surface area contributed by atoms with Gasteiger partial charge < -0.3 is 5.73 Å². The van der Waals surface area contributed by atoms with Crippen molar-refractivity contribution in [2.24, 2.45) is 5.73 Å². The normalized spacial score (nSPS) is 18.4. The number of hydrogen-bond acceptors (Lipinski definition) is 2. The van der Waals surface area contributed by atoms with Crippen molar-refractivity contribution >= 4 is 0 Å². The molecule has 1 unspecified atom stereocenters. The number of nitrogens with two attached hydrogens (primary N) is 1. The average Bonchev–Trinajstić information content (AvgIpc) is 2.89. The van der Waals surface area contributed by atoms with E-state index in [-0.39, 0.29) is 0 Å². The van der Waals surface area contributed by atoms with E-state index < -0.39 is 0 Å². The minimum atomic E-state index is 0.503. The molecule has 17 heavy (non-hydrogen) atoms. The Morgan fingerprint density at radius 3 is 3.12 bits per heavy atom. The van der Waals surface area contributed by atoms with Gasteiger partial charge in [0, 0.05) is 5.69 Å². The predicted molar refractivity (Wildman–Crippen MR) is 68.4 cm³/mol. The van der Waals surface area contributed by atoms with Gasteiger partial charge in [0.2, 0.25) is 0 Å². The van der Waals surface area contributed by atoms with E-state index in [1.54, 1.807) is 0 Å². The van der Waals surface area contributed by atoms with Gasteiger partial charge in [-0.3, -0.25) is 0 Å². The summed E-state index contributed by atoms with van der Waals surface area (Å²) in [6.45, 7) is 2.84. The molecule has 0 saturated heterocycles. The number of hydrogen-bond donors (Lipinski definition) is 1. The Kier molecular flexibility index (Phi) is 2.48. The van der Waals surface area contributed by atoms with Crippen molar-refractivity contribution in [1.29, 1.82) is 0 Å². The molecule has 0 radical (unpaired) electrons. The third-order valence-corrected chi connectivity index (χ3v) is 3.60. The molecule has 1 aromatic carbocycles. The molecule has 0 fully saturated rings. The standard InChI is InChI=1S/C14H17N3/c1-10-3-2-4-12(7-10)17-14-6-5-11(8-15)13(14)9-16-17/h2-4,7,9,11H,5-6,8,15H2,1H3. The first-order chi connectivity index (χ1) is 8.29. The quantitative estimate of drug-likeness (QED) is 0.854. The van der Waals surface area contributed by atoms with E-state index in [1.807, 2.05) is 6.20 Å². The lowest BCUT2D eigenvalue weighted by atomic mass is 10.1. The lowest BCUT2D eigenvalue weighted by Crippen LogP contribution is -2.08. The van der Waals surface area contributed by atoms with Crippen LogP contribution in [0.4, 0.5) is 0 Å². The first-order valence-electron chi connectivity index (χ1n) is 6.13. The molecular weight excluding hydrogens is 210 g/mol. The van der Waals surface area contributed by atoms with Crippen molar-refractivity contribution in [3.05, 3.63) is 47.3 Å². The fourth-order valence-electron chi connectivity index (χ4n) is 2.67. The first kappa shape index (κ1) is 10.5. The van der Waals surface area contributed by atoms with Gasteiger partial charge in [-0.2, -0.15) is 5.10 Å². The van der Waals surface area contributed by atoms with Crippen LogP contribution in [-0.4, -0.2) is 16.3 Å². The van der Waals surface area contributed by atoms with Gasteiger partial charge in [-0.15, -0.1) is 0 Å². The molecule has 1 atom stereocenters. The number of nitrogens with zero attached hydrogens (tertiary/aromatic N) is 2. The Labute approximate surface area is 101 Å². The molecule has 3 rings (SSSR count). The highest BCUT2D eigenvalue weighted by molar-refractivity contribution is 5.40. The van der Waals surface area contributed by atoms with E-state index in [4.69, 9.17) is 5.73 Å². The summed E-state index contributed by atoms with van der Waals surface area (Å²) < 4.78 is 2.07. The maximum Gasteiger partial charge on any atom is 0.0651 e. The summed E-state index contributed by atoms with van der Waals surface area (Å²) in [5, 5.41) is 4.51. The SMILES string of the molecule is Cc1cccc(-n2ncc3c2CCC3CN)c1. The summed E-state index contributed by atoms with van der Waals surface area (Å²) in [5.74, 6) is 0.503. The summed E-state index contributed by atoms with van der Waals surface area (Å²) in [6, 6.07) is 8.46. The van der Waals surface area contributed by atoms with E-state index >= 15 is 0 Å². The van der Waals surface area contributed by atoms with E-state index in [0.29, 0.717) is 5.92 Å². The Hall–Kier alpha value is -1.61. The Balaban J connectivity index is 2.06. The van der Waals surface area contributed by atoms with Gasteiger partial charge in [-0.1, -0.05) is 12.1 Å². The third-order valence-electron chi connectivity index (χ3n) is 3.60. The van der Waals surface area contributed by atoms with Crippen LogP contribution in [0.15, 0.2) is 30.5 Å². The Bertz CT molecular complexity index is 542. The molecule has 0 saturated carbocycles. The molecule has 1 aliphatic rings. The van der Waals surface area contributed by atoms with Crippen molar-refractivity contribution in [1.82, 2.24) is 9.78 Å². The Morgan fingerprint density at radius 1 is 1.47 bits per heavy atom. The highest BCUT2D eigenvalue weighted by Gasteiger charge is 2.25. The largest absolute Gasteiger partial charge is 0.330 e. The van der Waals surface area contributed by atoms with Crippen molar-refractivity contribution in [2.75, 3.05) is 6.54 Å². The summed E-state index contributed by atoms with van der Waals surface area (Å²) in [5.41, 5.74) is 10.9. The van der Waals surface area contributed by atoms with E-state index in [9.17, 15) is 0 Å². The average molecular weight is 227 g/mol. The third kappa shape index (κ3) is 1.67. The smallest absolute Gasteiger partial charge is 0.0651 e. The van der Waals surface area contributed by atoms with Crippen molar-refractivity contribution in [3.63, 3.8) is 0 Å². The lowest BCUT2D eigenvalue weighted by molar-refractivity contribution is 0.673. The maximum atomic E-state index is 5.78. The molecule has 0 aliphatic heterocycles. The van der Waals surface area contributed by atoms with Gasteiger partial charge in [0.15, 0.2) is 0 Å². The molecule has 2 N–H and O–H groups in total. The zero-order valence-corrected chi connectivity index (χ0v) is 10.1. The van der Waals surface area contributed by atoms with E-state index in [1.165, 1.54) is 16.8 Å². The summed E-state index contributed by atoms with van der Waals surface area (Å²) >= 11 is 0. The number of rotatable bonds is 2. The number of aryl methyl sites for hydroxylation is 1. The minimum absolute atomic E-state index is 0.503. The van der Waals surface area contributed by atoms with Crippen LogP contribution in [-0.2, 0) is 6.42 Å². The molecule has 1 heterocycles. The number of aromatic nitrogens is 2. The molecule has 0 bridgehead atoms. The summed E-state index contributed by atoms with van der Waals surface area (Å²) in [6.07, 6.45) is 4.24. The molecule has 1 aliphatic carbocycles. The van der Waals surface area contributed by atoms with Crippen LogP contribution in [0, 0.1) is 6.92 Å². The monoisotopic (exact) mass is 227 g/mol. The van der Waals surface area contributed by atoms with Gasteiger partial charge in [0.05, 0.1) is 11.9 Å². The highest BCUT2D eigenvalue weighted by Crippen LogP contribution is 2.33. The van der Waals surface area contributed by atoms with Crippen molar-refractivity contribution in [2.45, 2.75) is 25.7 Å². The fourth-order valence-corrected chi connectivity index (χ4v) is 2.67. The molecule has 3 nitrogen and oxygen atoms in total. The van der Waals surface area contributed by atoms with E-state index in [0.717, 1.165) is 25.1 Å². The predicted octanol–water partition coefficient (Wildman–Crippen LogP) is 2.17. The van der Waals surface area contributed by atoms with Crippen LogP contribution in [0.1, 0.15) is 29.2 Å². The molecule has 2 aromatic rings. The van der Waals surface area contributed by atoms with Crippen LogP contribution in [0.2, 0.25) is 0 Å². The molecule has 0 amide bonds. The van der Waals surface area contributed by atoms with Crippen LogP contribution in [0.25, 0.3) is 5.69 Å². The highest BCUT2D eigenvalue weighted by atomic mass is 15.3. The van der Waals surface area contributed by atoms with Crippen LogP contribution < -0.4 is 5.73 Å². The zero-order chi connectivity index (χ0) is 11.8. The fraction of sp³-hybridized carbons (Fsp3) is 0.357. The second-order valence-corrected chi connectivity index (χ2v) is 4.77. The maximum absolute atomic E-state index is 5.78. The zero-order valence-electron chi connectivity index (χ0n) is 10.1. The topological polar surface area (TPSA) is 43.8 Å². The second kappa shape index (κ2) is 4.00. The van der Waals surface area contributed by atoms with Crippen LogP contribution >= 0.6 is 0 Å².